The predicted molar refractivity (Wildman–Crippen MR) is 90.7 cm³/mol. The van der Waals surface area contributed by atoms with Crippen LogP contribution in [0.1, 0.15) is 18.1 Å². The molecule has 0 aliphatic carbocycles. The summed E-state index contributed by atoms with van der Waals surface area (Å²) in [6, 6.07) is 12.4. The van der Waals surface area contributed by atoms with Crippen molar-refractivity contribution in [1.29, 1.82) is 0 Å². The van der Waals surface area contributed by atoms with Crippen LogP contribution >= 0.6 is 0 Å². The Labute approximate surface area is 156 Å². The number of benzene rings is 2. The Balaban J connectivity index is 0.00000264. The van der Waals surface area contributed by atoms with Gasteiger partial charge in [0.1, 0.15) is 11.5 Å². The van der Waals surface area contributed by atoms with Gasteiger partial charge in [0, 0.05) is 23.8 Å². The molecule has 0 heterocycles. The van der Waals surface area contributed by atoms with Crippen LogP contribution in [0.4, 0.5) is 0 Å². The maximum absolute atomic E-state index is 11.4. The van der Waals surface area contributed by atoms with Gasteiger partial charge in [-0.2, -0.15) is 0 Å². The topological polar surface area (TPSA) is 90.1 Å². The summed E-state index contributed by atoms with van der Waals surface area (Å²) >= 11 is 0. The number of hydrogen-bond donors (Lipinski definition) is 3. The zero-order chi connectivity index (χ0) is 16.1. The quantitative estimate of drug-likeness (QED) is 0.579. The van der Waals surface area contributed by atoms with E-state index in [-0.39, 0.29) is 47.5 Å². The van der Waals surface area contributed by atoms with Crippen molar-refractivity contribution in [1.82, 2.24) is 0 Å². The van der Waals surface area contributed by atoms with E-state index in [4.69, 9.17) is 0 Å². The summed E-state index contributed by atoms with van der Waals surface area (Å²) in [5, 5.41) is 28.4. The molecule has 23 heavy (non-hydrogen) atoms. The molecule has 5 nitrogen and oxygen atoms in total. The van der Waals surface area contributed by atoms with E-state index < -0.39 is 12.0 Å². The molecule has 1 atom stereocenters. The van der Waals surface area contributed by atoms with Crippen molar-refractivity contribution >= 4 is 41.2 Å². The van der Waals surface area contributed by atoms with Crippen LogP contribution < -0.4 is 0 Å². The SMILES string of the molecule is CC(=NC(Cc1ccccc1)C(=O)O)c1ccc(O)cc1O.[NaH]. The van der Waals surface area contributed by atoms with Gasteiger partial charge in [-0.1, -0.05) is 30.3 Å². The van der Waals surface area contributed by atoms with Gasteiger partial charge in [-0.15, -0.1) is 0 Å². The zero-order valence-electron chi connectivity index (χ0n) is 12.1. The van der Waals surface area contributed by atoms with Gasteiger partial charge in [-0.25, -0.2) is 4.79 Å². The average molecular weight is 323 g/mol. The molecule has 1 unspecified atom stereocenters. The summed E-state index contributed by atoms with van der Waals surface area (Å²) in [7, 11) is 0. The fourth-order valence-corrected chi connectivity index (χ4v) is 2.15. The number of carboxylic acids is 1. The molecule has 0 amide bonds. The number of nitrogens with zero attached hydrogens (tertiary/aromatic N) is 1. The van der Waals surface area contributed by atoms with E-state index in [1.807, 2.05) is 30.3 Å². The van der Waals surface area contributed by atoms with E-state index >= 15 is 0 Å². The summed E-state index contributed by atoms with van der Waals surface area (Å²) in [5.74, 6) is -1.22. The molecule has 0 saturated heterocycles. The van der Waals surface area contributed by atoms with Crippen molar-refractivity contribution in [2.75, 3.05) is 0 Å². The molecule has 0 bridgehead atoms. The number of aliphatic imine (C=N–C) groups is 1. The van der Waals surface area contributed by atoms with E-state index in [2.05, 4.69) is 4.99 Å². The second-order valence-electron chi connectivity index (χ2n) is 4.96. The van der Waals surface area contributed by atoms with E-state index in [1.54, 1.807) is 6.92 Å². The molecule has 0 spiro atoms. The van der Waals surface area contributed by atoms with Gasteiger partial charge >= 0.3 is 35.5 Å². The van der Waals surface area contributed by atoms with Crippen LogP contribution in [-0.2, 0) is 11.2 Å². The van der Waals surface area contributed by atoms with Gasteiger partial charge in [-0.3, -0.25) is 4.99 Å². The van der Waals surface area contributed by atoms with Gasteiger partial charge < -0.3 is 15.3 Å². The van der Waals surface area contributed by atoms with Crippen molar-refractivity contribution in [3.8, 4) is 11.5 Å². The fraction of sp³-hybridized carbons (Fsp3) is 0.176. The Hall–Kier alpha value is -1.82. The first kappa shape index (κ1) is 19.2. The minimum absolute atomic E-state index is 0. The Morgan fingerprint density at radius 1 is 1.13 bits per heavy atom. The second kappa shape index (κ2) is 8.72. The first-order valence-electron chi connectivity index (χ1n) is 6.81. The Kier molecular flexibility index (Phi) is 7.29. The van der Waals surface area contributed by atoms with Crippen molar-refractivity contribution < 1.29 is 20.1 Å². The molecule has 6 heteroatoms. The number of carbonyl (C=O) groups is 1. The third-order valence-corrected chi connectivity index (χ3v) is 3.28. The average Bonchev–Trinajstić information content (AvgIpc) is 2.47. The first-order chi connectivity index (χ1) is 10.5. The van der Waals surface area contributed by atoms with Crippen LogP contribution in [0.25, 0.3) is 0 Å². The number of aromatic hydroxyl groups is 2. The Morgan fingerprint density at radius 2 is 1.78 bits per heavy atom. The van der Waals surface area contributed by atoms with Crippen LogP contribution in [0.2, 0.25) is 0 Å². The number of hydrogen-bond acceptors (Lipinski definition) is 4. The molecule has 0 saturated carbocycles. The van der Waals surface area contributed by atoms with E-state index in [9.17, 15) is 20.1 Å². The standard InChI is InChI=1S/C17H17NO4.Na.H/c1-11(14-8-7-13(19)10-16(14)20)18-15(17(21)22)9-12-5-3-2-4-6-12;;/h2-8,10,15,19-20H,9H2,1H3,(H,21,22);;. The molecule has 116 valence electrons. The molecule has 2 aromatic carbocycles. The summed E-state index contributed by atoms with van der Waals surface area (Å²) < 4.78 is 0. The van der Waals surface area contributed by atoms with Gasteiger partial charge in [0.05, 0.1) is 0 Å². The van der Waals surface area contributed by atoms with Crippen molar-refractivity contribution in [3.05, 3.63) is 59.7 Å². The van der Waals surface area contributed by atoms with Gasteiger partial charge in [-0.05, 0) is 24.6 Å². The van der Waals surface area contributed by atoms with Crippen molar-refractivity contribution in [2.45, 2.75) is 19.4 Å². The number of aliphatic carboxylic acids is 1. The van der Waals surface area contributed by atoms with E-state index in [0.29, 0.717) is 11.3 Å². The van der Waals surface area contributed by atoms with E-state index in [1.165, 1.54) is 18.2 Å². The minimum atomic E-state index is -1.03. The zero-order valence-corrected chi connectivity index (χ0v) is 12.1. The molecule has 3 N–H and O–H groups in total. The molecular weight excluding hydrogens is 305 g/mol. The number of phenolic OH excluding ortho intramolecular Hbond substituents is 2. The van der Waals surface area contributed by atoms with Crippen LogP contribution in [0, 0.1) is 0 Å². The summed E-state index contributed by atoms with van der Waals surface area (Å²) in [4.78, 5) is 15.6. The van der Waals surface area contributed by atoms with Crippen LogP contribution in [0.15, 0.2) is 53.5 Å². The number of rotatable bonds is 5. The Morgan fingerprint density at radius 3 is 2.35 bits per heavy atom. The maximum atomic E-state index is 11.4. The van der Waals surface area contributed by atoms with Crippen LogP contribution in [-0.4, -0.2) is 62.6 Å². The molecule has 0 aliphatic heterocycles. The monoisotopic (exact) mass is 323 g/mol. The molecular formula is C17H18NNaO4. The summed E-state index contributed by atoms with van der Waals surface area (Å²) in [6.07, 6.45) is 0.270. The molecule has 2 aromatic rings. The number of phenols is 2. The first-order valence-corrected chi connectivity index (χ1v) is 6.81. The Bertz CT molecular complexity index is 701. The molecule has 0 aliphatic rings. The predicted octanol–water partition coefficient (Wildman–Crippen LogP) is 1.95. The van der Waals surface area contributed by atoms with Gasteiger partial charge in [0.25, 0.3) is 0 Å². The van der Waals surface area contributed by atoms with Crippen LogP contribution in [0.3, 0.4) is 0 Å². The van der Waals surface area contributed by atoms with Gasteiger partial charge in [0.15, 0.2) is 6.04 Å². The number of carboxylic acid groups (broad SMARTS) is 1. The van der Waals surface area contributed by atoms with Crippen molar-refractivity contribution in [2.24, 2.45) is 4.99 Å². The van der Waals surface area contributed by atoms with Gasteiger partial charge in [0.2, 0.25) is 0 Å². The van der Waals surface area contributed by atoms with Crippen LogP contribution in [0.5, 0.6) is 11.5 Å². The second-order valence-corrected chi connectivity index (χ2v) is 4.96. The molecule has 0 radical (unpaired) electrons. The molecule has 2 rings (SSSR count). The molecule has 0 fully saturated rings. The third kappa shape index (κ3) is 5.39. The third-order valence-electron chi connectivity index (χ3n) is 3.28. The van der Waals surface area contributed by atoms with E-state index in [0.717, 1.165) is 5.56 Å². The molecule has 0 aromatic heterocycles. The van der Waals surface area contributed by atoms with Crippen molar-refractivity contribution in [3.63, 3.8) is 0 Å². The fourth-order valence-electron chi connectivity index (χ4n) is 2.15. The summed E-state index contributed by atoms with van der Waals surface area (Å²) in [5.41, 5.74) is 1.68. The normalized spacial score (nSPS) is 12.3. The summed E-state index contributed by atoms with van der Waals surface area (Å²) in [6.45, 7) is 1.63.